The number of anilines is 1. The zero-order valence-corrected chi connectivity index (χ0v) is 14.0. The highest BCUT2D eigenvalue weighted by atomic mass is 35.5. The molecule has 0 aliphatic rings. The molecular weight excluding hydrogens is 371 g/mol. The summed E-state index contributed by atoms with van der Waals surface area (Å²) in [6, 6.07) is 3.05. The van der Waals surface area contributed by atoms with Crippen molar-refractivity contribution in [2.45, 2.75) is 23.4 Å². The van der Waals surface area contributed by atoms with Crippen molar-refractivity contribution in [1.29, 1.82) is 0 Å². The number of benzene rings is 1. The maximum atomic E-state index is 13.0. The fourth-order valence-electron chi connectivity index (χ4n) is 1.77. The van der Waals surface area contributed by atoms with Gasteiger partial charge in [-0.2, -0.15) is 13.2 Å². The summed E-state index contributed by atoms with van der Waals surface area (Å²) < 4.78 is 44.8. The van der Waals surface area contributed by atoms with Crippen molar-refractivity contribution in [2.75, 3.05) is 5.32 Å². The number of hydrogen-bond donors (Lipinski definition) is 2. The molecule has 0 aliphatic carbocycles. The SMILES string of the molecule is CC(Sc1c(=O)o[nH][n+]1C)C(=O)Nc1ccc(Cl)cc1C(F)(F)F. The summed E-state index contributed by atoms with van der Waals surface area (Å²) in [6.07, 6.45) is -4.67. The van der Waals surface area contributed by atoms with Crippen molar-refractivity contribution >= 4 is 35.0 Å². The van der Waals surface area contributed by atoms with Crippen LogP contribution in [0.1, 0.15) is 12.5 Å². The van der Waals surface area contributed by atoms with Crippen molar-refractivity contribution in [3.05, 3.63) is 39.2 Å². The fourth-order valence-corrected chi connectivity index (χ4v) is 2.78. The van der Waals surface area contributed by atoms with Crippen LogP contribution in [0.15, 0.2) is 32.5 Å². The highest BCUT2D eigenvalue weighted by Crippen LogP contribution is 2.36. The van der Waals surface area contributed by atoms with E-state index in [0.717, 1.165) is 23.9 Å². The van der Waals surface area contributed by atoms with E-state index >= 15 is 0 Å². The molecule has 1 amide bonds. The first kappa shape index (κ1) is 18.4. The lowest BCUT2D eigenvalue weighted by Crippen LogP contribution is -2.35. The molecule has 24 heavy (non-hydrogen) atoms. The summed E-state index contributed by atoms with van der Waals surface area (Å²) in [5.41, 5.74) is -2.13. The number of carbonyl (C=O) groups is 1. The highest BCUT2D eigenvalue weighted by Gasteiger charge is 2.35. The molecule has 0 fully saturated rings. The quantitative estimate of drug-likeness (QED) is 0.629. The van der Waals surface area contributed by atoms with Gasteiger partial charge in [0.05, 0.1) is 16.5 Å². The summed E-state index contributed by atoms with van der Waals surface area (Å²) in [4.78, 5) is 23.6. The number of carbonyl (C=O) groups excluding carboxylic acids is 1. The van der Waals surface area contributed by atoms with Gasteiger partial charge in [-0.15, -0.1) is 0 Å². The summed E-state index contributed by atoms with van der Waals surface area (Å²) >= 11 is 6.44. The zero-order valence-electron chi connectivity index (χ0n) is 12.4. The Morgan fingerprint density at radius 2 is 2.12 bits per heavy atom. The molecule has 2 aromatic rings. The van der Waals surface area contributed by atoms with Crippen LogP contribution in [-0.4, -0.2) is 16.4 Å². The van der Waals surface area contributed by atoms with E-state index in [9.17, 15) is 22.8 Å². The van der Waals surface area contributed by atoms with Gasteiger partial charge in [-0.05, 0) is 42.2 Å². The van der Waals surface area contributed by atoms with E-state index in [-0.39, 0.29) is 10.0 Å². The van der Waals surface area contributed by atoms with E-state index in [1.165, 1.54) is 24.7 Å². The molecular formula is C13H12ClF3N3O3S+. The van der Waals surface area contributed by atoms with Gasteiger partial charge in [-0.3, -0.25) is 9.32 Å². The third-order valence-corrected chi connectivity index (χ3v) is 4.42. The van der Waals surface area contributed by atoms with Crippen LogP contribution in [-0.2, 0) is 18.0 Å². The van der Waals surface area contributed by atoms with Crippen molar-refractivity contribution in [2.24, 2.45) is 7.05 Å². The molecule has 1 atom stereocenters. The zero-order chi connectivity index (χ0) is 18.1. The number of H-pyrrole nitrogens is 1. The Hall–Kier alpha value is -1.94. The number of aromatic nitrogens is 2. The van der Waals surface area contributed by atoms with Gasteiger partial charge in [-0.1, -0.05) is 16.3 Å². The summed E-state index contributed by atoms with van der Waals surface area (Å²) in [6.45, 7) is 1.45. The molecule has 1 aromatic heterocycles. The van der Waals surface area contributed by atoms with Crippen LogP contribution in [0.25, 0.3) is 0 Å². The van der Waals surface area contributed by atoms with E-state index in [0.29, 0.717) is 0 Å². The molecule has 1 aromatic carbocycles. The predicted octanol–water partition coefficient (Wildman–Crippen LogP) is 2.58. The predicted molar refractivity (Wildman–Crippen MR) is 80.9 cm³/mol. The van der Waals surface area contributed by atoms with Gasteiger partial charge in [-0.25, -0.2) is 4.79 Å². The molecule has 0 spiro atoms. The number of alkyl halides is 3. The van der Waals surface area contributed by atoms with Gasteiger partial charge in [0.2, 0.25) is 5.91 Å². The smallest absolute Gasteiger partial charge is 0.325 e. The molecule has 0 aliphatic heterocycles. The Balaban J connectivity index is 2.19. The monoisotopic (exact) mass is 382 g/mol. The van der Waals surface area contributed by atoms with Crippen LogP contribution >= 0.6 is 23.4 Å². The van der Waals surface area contributed by atoms with E-state index < -0.39 is 34.2 Å². The molecule has 1 heterocycles. The van der Waals surface area contributed by atoms with Crippen molar-refractivity contribution in [3.63, 3.8) is 0 Å². The first-order valence-electron chi connectivity index (χ1n) is 6.51. The third-order valence-electron chi connectivity index (χ3n) is 2.96. The minimum absolute atomic E-state index is 0.0975. The minimum Gasteiger partial charge on any atom is -0.325 e. The summed E-state index contributed by atoms with van der Waals surface area (Å²) in [5, 5.41) is 3.66. The second-order valence-electron chi connectivity index (χ2n) is 4.78. The molecule has 0 saturated heterocycles. The molecule has 2 rings (SSSR count). The van der Waals surface area contributed by atoms with Gasteiger partial charge >= 0.3 is 16.8 Å². The molecule has 130 valence electrons. The summed E-state index contributed by atoms with van der Waals surface area (Å²) in [5.74, 6) is -0.701. The number of nitrogens with one attached hydrogen (secondary N) is 2. The standard InChI is InChI=1S/C13H11ClF3N3O3S/c1-6(24-11-12(22)23-19-20(11)2)10(21)18-9-4-3-7(14)5-8(9)13(15,16)17/h3-6H,1-2H3,(H-,18,19,21,22)/p+1. The average molecular weight is 383 g/mol. The van der Waals surface area contributed by atoms with E-state index in [1.807, 2.05) is 0 Å². The molecule has 2 N–H and O–H groups in total. The molecule has 0 saturated carbocycles. The lowest BCUT2D eigenvalue weighted by atomic mass is 10.1. The molecule has 1 unspecified atom stereocenters. The highest BCUT2D eigenvalue weighted by molar-refractivity contribution is 8.00. The second kappa shape index (κ2) is 6.89. The summed E-state index contributed by atoms with van der Waals surface area (Å²) in [7, 11) is 1.50. The van der Waals surface area contributed by atoms with Crippen LogP contribution in [0, 0.1) is 0 Å². The Morgan fingerprint density at radius 1 is 1.46 bits per heavy atom. The lowest BCUT2D eigenvalue weighted by molar-refractivity contribution is -0.772. The minimum atomic E-state index is -4.67. The van der Waals surface area contributed by atoms with Crippen LogP contribution in [0.4, 0.5) is 18.9 Å². The molecule has 11 heteroatoms. The van der Waals surface area contributed by atoms with Crippen molar-refractivity contribution in [3.8, 4) is 0 Å². The first-order chi connectivity index (χ1) is 11.1. The maximum Gasteiger partial charge on any atom is 0.441 e. The Labute approximate surface area is 142 Å². The number of halogens is 4. The van der Waals surface area contributed by atoms with Crippen molar-refractivity contribution < 1.29 is 27.2 Å². The number of thioether (sulfide) groups is 1. The maximum absolute atomic E-state index is 13.0. The van der Waals surface area contributed by atoms with Gasteiger partial charge in [0.1, 0.15) is 0 Å². The molecule has 0 radical (unpaired) electrons. The third kappa shape index (κ3) is 4.12. The lowest BCUT2D eigenvalue weighted by Gasteiger charge is -2.15. The molecule has 0 bridgehead atoms. The topological polar surface area (TPSA) is 79.0 Å². The van der Waals surface area contributed by atoms with E-state index in [2.05, 4.69) is 15.1 Å². The second-order valence-corrected chi connectivity index (χ2v) is 6.55. The fraction of sp³-hybridized carbons (Fsp3) is 0.308. The van der Waals surface area contributed by atoms with E-state index in [4.69, 9.17) is 11.6 Å². The van der Waals surface area contributed by atoms with Gasteiger partial charge < -0.3 is 5.32 Å². The number of rotatable bonds is 4. The van der Waals surface area contributed by atoms with Gasteiger partial charge in [0.15, 0.2) is 7.05 Å². The van der Waals surface area contributed by atoms with Crippen LogP contribution in [0.2, 0.25) is 5.02 Å². The van der Waals surface area contributed by atoms with Crippen LogP contribution in [0.5, 0.6) is 0 Å². The average Bonchev–Trinajstić information content (AvgIpc) is 2.79. The number of nitrogens with zero attached hydrogens (tertiary/aromatic N) is 1. The number of hydrogen-bond acceptors (Lipinski definition) is 4. The number of aryl methyl sites for hydroxylation is 1. The van der Waals surface area contributed by atoms with Crippen molar-refractivity contribution in [1.82, 2.24) is 5.27 Å². The number of aromatic amines is 1. The van der Waals surface area contributed by atoms with E-state index in [1.54, 1.807) is 0 Å². The van der Waals surface area contributed by atoms with Crippen LogP contribution < -0.4 is 15.6 Å². The van der Waals surface area contributed by atoms with Gasteiger partial charge in [0.25, 0.3) is 0 Å². The number of amides is 1. The van der Waals surface area contributed by atoms with Gasteiger partial charge in [0, 0.05) is 5.02 Å². The largest absolute Gasteiger partial charge is 0.441 e. The van der Waals surface area contributed by atoms with Crippen LogP contribution in [0.3, 0.4) is 0 Å². The Morgan fingerprint density at radius 3 is 2.67 bits per heavy atom. The Bertz CT molecular complexity index is 819. The molecule has 6 nitrogen and oxygen atoms in total. The normalized spacial score (nSPS) is 12.9. The Kier molecular flexibility index (Phi) is 5.29. The first-order valence-corrected chi connectivity index (χ1v) is 7.77.